The van der Waals surface area contributed by atoms with Crippen LogP contribution < -0.4 is 0 Å². The van der Waals surface area contributed by atoms with Gasteiger partial charge in [0.25, 0.3) is 0 Å². The number of halogens is 1. The second-order valence-electron chi connectivity index (χ2n) is 3.91. The van der Waals surface area contributed by atoms with Crippen molar-refractivity contribution in [3.63, 3.8) is 0 Å². The summed E-state index contributed by atoms with van der Waals surface area (Å²) < 4.78 is 2.42. The van der Waals surface area contributed by atoms with Gasteiger partial charge in [-0.25, -0.2) is 9.48 Å². The molecule has 2 aromatic rings. The standard InChI is InChI=1S/C12H12BrN3O2/c1-3-9-11(12(17)18)14-15-16(9)10-5-4-7(2)6-8(10)13/h4-6H,3H2,1-2H3,(H,17,18). The molecule has 0 aliphatic carbocycles. The van der Waals surface area contributed by atoms with Crippen molar-refractivity contribution in [2.45, 2.75) is 20.3 Å². The normalized spacial score (nSPS) is 10.6. The molecular weight excluding hydrogens is 298 g/mol. The predicted octanol–water partition coefficient (Wildman–Crippen LogP) is 2.60. The number of aryl methyl sites for hydroxylation is 1. The summed E-state index contributed by atoms with van der Waals surface area (Å²) in [6.45, 7) is 3.86. The summed E-state index contributed by atoms with van der Waals surface area (Å²) in [5, 5.41) is 16.7. The number of nitrogens with zero attached hydrogens (tertiary/aromatic N) is 3. The summed E-state index contributed by atoms with van der Waals surface area (Å²) in [4.78, 5) is 11.0. The zero-order chi connectivity index (χ0) is 13.3. The number of hydrogen-bond acceptors (Lipinski definition) is 3. The van der Waals surface area contributed by atoms with Gasteiger partial charge in [-0.15, -0.1) is 5.10 Å². The average Bonchev–Trinajstić information content (AvgIpc) is 2.72. The quantitative estimate of drug-likeness (QED) is 0.946. The van der Waals surface area contributed by atoms with Crippen LogP contribution in [-0.2, 0) is 6.42 Å². The lowest BCUT2D eigenvalue weighted by molar-refractivity contribution is 0.0689. The summed E-state index contributed by atoms with van der Waals surface area (Å²) in [6.07, 6.45) is 0.551. The van der Waals surface area contributed by atoms with Crippen LogP contribution in [0.4, 0.5) is 0 Å². The molecule has 1 N–H and O–H groups in total. The number of carbonyl (C=O) groups is 1. The molecule has 0 aliphatic rings. The van der Waals surface area contributed by atoms with Gasteiger partial charge in [0.05, 0.1) is 11.4 Å². The molecule has 1 aromatic heterocycles. The van der Waals surface area contributed by atoms with Crippen LogP contribution >= 0.6 is 15.9 Å². The van der Waals surface area contributed by atoms with E-state index in [4.69, 9.17) is 5.11 Å². The van der Waals surface area contributed by atoms with Gasteiger partial charge in [-0.2, -0.15) is 0 Å². The Morgan fingerprint density at radius 3 is 2.78 bits per heavy atom. The van der Waals surface area contributed by atoms with Crippen LogP contribution in [0.5, 0.6) is 0 Å². The SMILES string of the molecule is CCc1c(C(=O)O)nnn1-c1ccc(C)cc1Br. The largest absolute Gasteiger partial charge is 0.476 e. The second-order valence-corrected chi connectivity index (χ2v) is 4.76. The van der Waals surface area contributed by atoms with Crippen LogP contribution in [-0.4, -0.2) is 26.1 Å². The summed E-state index contributed by atoms with van der Waals surface area (Å²) in [5.74, 6) is -1.05. The van der Waals surface area contributed by atoms with Crippen molar-refractivity contribution in [2.75, 3.05) is 0 Å². The Labute approximate surface area is 113 Å². The molecule has 18 heavy (non-hydrogen) atoms. The molecule has 94 valence electrons. The van der Waals surface area contributed by atoms with E-state index in [1.54, 1.807) is 4.68 Å². The number of carboxylic acid groups (broad SMARTS) is 1. The van der Waals surface area contributed by atoms with Gasteiger partial charge in [-0.1, -0.05) is 18.2 Å². The van der Waals surface area contributed by atoms with Gasteiger partial charge in [0, 0.05) is 4.47 Å². The molecule has 6 heteroatoms. The first-order chi connectivity index (χ1) is 8.54. The summed E-state index contributed by atoms with van der Waals surface area (Å²) in [5.41, 5.74) is 2.50. The minimum absolute atomic E-state index is 0.00461. The fourth-order valence-corrected chi connectivity index (χ4v) is 2.42. The van der Waals surface area contributed by atoms with Crippen LogP contribution in [0.15, 0.2) is 22.7 Å². The molecule has 0 saturated carbocycles. The molecule has 5 nitrogen and oxygen atoms in total. The Morgan fingerprint density at radius 2 is 2.22 bits per heavy atom. The molecule has 0 bridgehead atoms. The van der Waals surface area contributed by atoms with Crippen molar-refractivity contribution in [3.05, 3.63) is 39.6 Å². The molecule has 0 spiro atoms. The highest BCUT2D eigenvalue weighted by Crippen LogP contribution is 2.24. The highest BCUT2D eigenvalue weighted by Gasteiger charge is 2.19. The topological polar surface area (TPSA) is 68.0 Å². The lowest BCUT2D eigenvalue weighted by atomic mass is 10.2. The first-order valence-corrected chi connectivity index (χ1v) is 6.28. The fourth-order valence-electron chi connectivity index (χ4n) is 1.76. The number of aromatic carboxylic acids is 1. The average molecular weight is 310 g/mol. The van der Waals surface area contributed by atoms with Gasteiger partial charge in [-0.05, 0) is 47.0 Å². The molecule has 0 radical (unpaired) electrons. The van der Waals surface area contributed by atoms with E-state index < -0.39 is 5.97 Å². The summed E-state index contributed by atoms with van der Waals surface area (Å²) in [6, 6.07) is 5.79. The van der Waals surface area contributed by atoms with Crippen LogP contribution in [0.2, 0.25) is 0 Å². The minimum atomic E-state index is -1.05. The molecule has 0 saturated heterocycles. The number of aromatic nitrogens is 3. The zero-order valence-corrected chi connectivity index (χ0v) is 11.6. The van der Waals surface area contributed by atoms with Gasteiger partial charge < -0.3 is 5.11 Å². The van der Waals surface area contributed by atoms with Crippen molar-refractivity contribution in [2.24, 2.45) is 0 Å². The zero-order valence-electron chi connectivity index (χ0n) is 10.0. The van der Waals surface area contributed by atoms with Gasteiger partial charge in [-0.3, -0.25) is 0 Å². The first-order valence-electron chi connectivity index (χ1n) is 5.49. The van der Waals surface area contributed by atoms with Crippen molar-refractivity contribution in [1.29, 1.82) is 0 Å². The number of hydrogen-bond donors (Lipinski definition) is 1. The molecular formula is C12H12BrN3O2. The molecule has 1 aromatic carbocycles. The maximum absolute atomic E-state index is 11.0. The fraction of sp³-hybridized carbons (Fsp3) is 0.250. The van der Waals surface area contributed by atoms with Gasteiger partial charge in [0.15, 0.2) is 5.69 Å². The Balaban J connectivity index is 2.60. The lowest BCUT2D eigenvalue weighted by Crippen LogP contribution is -2.06. The molecule has 0 fully saturated rings. The van der Waals surface area contributed by atoms with Crippen LogP contribution in [0.25, 0.3) is 5.69 Å². The maximum Gasteiger partial charge on any atom is 0.358 e. The molecule has 0 aliphatic heterocycles. The Bertz CT molecular complexity index is 607. The van der Waals surface area contributed by atoms with E-state index in [2.05, 4.69) is 26.2 Å². The van der Waals surface area contributed by atoms with Gasteiger partial charge >= 0.3 is 5.97 Å². The maximum atomic E-state index is 11.0. The van der Waals surface area contributed by atoms with E-state index >= 15 is 0 Å². The molecule has 0 unspecified atom stereocenters. The Kier molecular flexibility index (Phi) is 3.47. The minimum Gasteiger partial charge on any atom is -0.476 e. The third-order valence-electron chi connectivity index (χ3n) is 2.63. The first kappa shape index (κ1) is 12.8. The molecule has 0 amide bonds. The third kappa shape index (κ3) is 2.15. The van der Waals surface area contributed by atoms with Crippen molar-refractivity contribution in [1.82, 2.24) is 15.0 Å². The van der Waals surface area contributed by atoms with Gasteiger partial charge in [0.1, 0.15) is 0 Å². The second kappa shape index (κ2) is 4.89. The van der Waals surface area contributed by atoms with E-state index in [1.165, 1.54) is 0 Å². The van der Waals surface area contributed by atoms with E-state index in [1.807, 2.05) is 32.0 Å². The third-order valence-corrected chi connectivity index (χ3v) is 3.27. The Hall–Kier alpha value is -1.69. The van der Waals surface area contributed by atoms with Crippen LogP contribution in [0.1, 0.15) is 28.7 Å². The lowest BCUT2D eigenvalue weighted by Gasteiger charge is -2.08. The van der Waals surface area contributed by atoms with Gasteiger partial charge in [0.2, 0.25) is 0 Å². The van der Waals surface area contributed by atoms with Crippen LogP contribution in [0.3, 0.4) is 0 Å². The monoisotopic (exact) mass is 309 g/mol. The van der Waals surface area contributed by atoms with Crippen molar-refractivity contribution >= 4 is 21.9 Å². The van der Waals surface area contributed by atoms with E-state index in [9.17, 15) is 4.79 Å². The molecule has 2 rings (SSSR count). The number of carboxylic acids is 1. The highest BCUT2D eigenvalue weighted by molar-refractivity contribution is 9.10. The molecule has 1 heterocycles. The molecule has 0 atom stereocenters. The van der Waals surface area contributed by atoms with E-state index in [0.29, 0.717) is 12.1 Å². The Morgan fingerprint density at radius 1 is 1.50 bits per heavy atom. The summed E-state index contributed by atoms with van der Waals surface area (Å²) >= 11 is 3.46. The van der Waals surface area contributed by atoms with Crippen molar-refractivity contribution in [3.8, 4) is 5.69 Å². The smallest absolute Gasteiger partial charge is 0.358 e. The van der Waals surface area contributed by atoms with Crippen LogP contribution in [0, 0.1) is 6.92 Å². The number of benzene rings is 1. The summed E-state index contributed by atoms with van der Waals surface area (Å²) in [7, 11) is 0. The number of rotatable bonds is 3. The highest BCUT2D eigenvalue weighted by atomic mass is 79.9. The van der Waals surface area contributed by atoms with Crippen molar-refractivity contribution < 1.29 is 9.90 Å². The predicted molar refractivity (Wildman–Crippen MR) is 70.1 cm³/mol. The van der Waals surface area contributed by atoms with E-state index in [0.717, 1.165) is 15.7 Å². The van der Waals surface area contributed by atoms with E-state index in [-0.39, 0.29) is 5.69 Å².